The zero-order valence-electron chi connectivity index (χ0n) is 8.05. The van der Waals surface area contributed by atoms with Crippen LogP contribution in [0.1, 0.15) is 37.3 Å². The van der Waals surface area contributed by atoms with Gasteiger partial charge in [-0.15, -0.1) is 0 Å². The number of aromatic nitrogens is 1. The van der Waals surface area contributed by atoms with Crippen molar-refractivity contribution < 1.29 is 4.42 Å². The third kappa shape index (κ3) is 2.31. The molecule has 2 rings (SSSR count). The largest absolute Gasteiger partial charge is 0.445 e. The van der Waals surface area contributed by atoms with Crippen LogP contribution < -0.4 is 5.32 Å². The molecule has 72 valence electrons. The smallest absolute Gasteiger partial charge is 0.195 e. The van der Waals surface area contributed by atoms with Gasteiger partial charge in [-0.1, -0.05) is 6.92 Å². The Bertz CT molecular complexity index is 266. The lowest BCUT2D eigenvalue weighted by atomic mass is 10.3. The van der Waals surface area contributed by atoms with Crippen LogP contribution in [0.5, 0.6) is 0 Å². The molecule has 3 nitrogen and oxygen atoms in total. The van der Waals surface area contributed by atoms with Gasteiger partial charge >= 0.3 is 0 Å². The van der Waals surface area contributed by atoms with Crippen LogP contribution in [0.25, 0.3) is 0 Å². The van der Waals surface area contributed by atoms with E-state index in [9.17, 15) is 0 Å². The maximum absolute atomic E-state index is 5.60. The van der Waals surface area contributed by atoms with E-state index in [0.29, 0.717) is 5.92 Å². The normalized spacial score (nSPS) is 16.4. The minimum atomic E-state index is 0.681. The molecule has 0 aromatic carbocycles. The molecule has 0 spiro atoms. The molecule has 0 radical (unpaired) electrons. The molecule has 1 aromatic rings. The van der Waals surface area contributed by atoms with Gasteiger partial charge in [-0.25, -0.2) is 4.98 Å². The average Bonchev–Trinajstić information content (AvgIpc) is 2.88. The molecule has 1 aromatic heterocycles. The molecule has 1 fully saturated rings. The van der Waals surface area contributed by atoms with Crippen LogP contribution >= 0.6 is 0 Å². The van der Waals surface area contributed by atoms with Crippen molar-refractivity contribution in [1.29, 1.82) is 0 Å². The fraction of sp³-hybridized carbons (Fsp3) is 0.700. The van der Waals surface area contributed by atoms with Crippen molar-refractivity contribution in [3.63, 3.8) is 0 Å². The highest BCUT2D eigenvalue weighted by Gasteiger charge is 2.27. The minimum absolute atomic E-state index is 0.681. The average molecular weight is 180 g/mol. The lowest BCUT2D eigenvalue weighted by Crippen LogP contribution is -2.16. The fourth-order valence-corrected chi connectivity index (χ4v) is 1.37. The van der Waals surface area contributed by atoms with Crippen LogP contribution in [-0.4, -0.2) is 18.1 Å². The Balaban J connectivity index is 1.82. The minimum Gasteiger partial charge on any atom is -0.445 e. The zero-order valence-corrected chi connectivity index (χ0v) is 8.05. The van der Waals surface area contributed by atoms with Gasteiger partial charge in [0.05, 0.1) is 6.20 Å². The Kier molecular flexibility index (Phi) is 2.64. The van der Waals surface area contributed by atoms with E-state index in [1.54, 1.807) is 0 Å². The van der Waals surface area contributed by atoms with Crippen LogP contribution in [-0.2, 0) is 6.42 Å². The number of oxazole rings is 1. The topological polar surface area (TPSA) is 38.1 Å². The Labute approximate surface area is 78.5 Å². The molecule has 0 atom stereocenters. The van der Waals surface area contributed by atoms with E-state index in [-0.39, 0.29) is 0 Å². The van der Waals surface area contributed by atoms with Crippen molar-refractivity contribution in [1.82, 2.24) is 10.3 Å². The molecule has 0 amide bonds. The van der Waals surface area contributed by atoms with E-state index < -0.39 is 0 Å². The van der Waals surface area contributed by atoms with Crippen molar-refractivity contribution >= 4 is 0 Å². The second-order valence-corrected chi connectivity index (χ2v) is 3.53. The molecule has 1 saturated carbocycles. The first kappa shape index (κ1) is 8.75. The second-order valence-electron chi connectivity index (χ2n) is 3.53. The van der Waals surface area contributed by atoms with Crippen molar-refractivity contribution in [2.24, 2.45) is 0 Å². The Hall–Kier alpha value is -0.830. The molecule has 0 saturated heterocycles. The molecule has 1 aliphatic carbocycles. The molecule has 1 N–H and O–H groups in total. The summed E-state index contributed by atoms with van der Waals surface area (Å²) in [5.41, 5.74) is 0. The van der Waals surface area contributed by atoms with E-state index in [4.69, 9.17) is 4.42 Å². The van der Waals surface area contributed by atoms with Crippen LogP contribution in [0, 0.1) is 0 Å². The van der Waals surface area contributed by atoms with Gasteiger partial charge in [0.2, 0.25) is 0 Å². The fourth-order valence-electron chi connectivity index (χ4n) is 1.37. The standard InChI is InChI=1S/C10H16N2O/c1-2-11-6-5-10-12-7-9(13-10)8-3-4-8/h7-8,11H,2-6H2,1H3. The number of nitrogens with one attached hydrogen (secondary N) is 1. The van der Waals surface area contributed by atoms with Gasteiger partial charge in [0.15, 0.2) is 5.89 Å². The van der Waals surface area contributed by atoms with E-state index in [1.807, 2.05) is 6.20 Å². The summed E-state index contributed by atoms with van der Waals surface area (Å²) in [4.78, 5) is 4.24. The molecule has 1 heterocycles. The Morgan fingerprint density at radius 1 is 1.62 bits per heavy atom. The first-order valence-corrected chi connectivity index (χ1v) is 5.05. The molecule has 0 unspecified atom stereocenters. The highest BCUT2D eigenvalue weighted by Crippen LogP contribution is 2.40. The van der Waals surface area contributed by atoms with Gasteiger partial charge in [-0.3, -0.25) is 0 Å². The molecular formula is C10H16N2O. The van der Waals surface area contributed by atoms with E-state index in [1.165, 1.54) is 12.8 Å². The molecule has 0 bridgehead atoms. The van der Waals surface area contributed by atoms with Crippen LogP contribution in [0.15, 0.2) is 10.6 Å². The molecule has 13 heavy (non-hydrogen) atoms. The van der Waals surface area contributed by atoms with Crippen molar-refractivity contribution in [3.05, 3.63) is 17.8 Å². The quantitative estimate of drug-likeness (QED) is 0.701. The van der Waals surface area contributed by atoms with Crippen molar-refractivity contribution in [2.75, 3.05) is 13.1 Å². The summed E-state index contributed by atoms with van der Waals surface area (Å²) in [5, 5.41) is 3.25. The molecule has 3 heteroatoms. The van der Waals surface area contributed by atoms with Gasteiger partial charge in [0.25, 0.3) is 0 Å². The Morgan fingerprint density at radius 3 is 3.15 bits per heavy atom. The van der Waals surface area contributed by atoms with Gasteiger partial charge in [0.1, 0.15) is 5.76 Å². The zero-order chi connectivity index (χ0) is 9.10. The van der Waals surface area contributed by atoms with Crippen molar-refractivity contribution in [2.45, 2.75) is 32.1 Å². The van der Waals surface area contributed by atoms with Gasteiger partial charge in [-0.05, 0) is 19.4 Å². The summed E-state index contributed by atoms with van der Waals surface area (Å²) in [6.45, 7) is 4.07. The Morgan fingerprint density at radius 2 is 2.46 bits per heavy atom. The van der Waals surface area contributed by atoms with Gasteiger partial charge < -0.3 is 9.73 Å². The summed E-state index contributed by atoms with van der Waals surface area (Å²) in [5.74, 6) is 2.65. The van der Waals surface area contributed by atoms with Crippen LogP contribution in [0.3, 0.4) is 0 Å². The monoisotopic (exact) mass is 180 g/mol. The number of rotatable bonds is 5. The van der Waals surface area contributed by atoms with Crippen molar-refractivity contribution in [3.8, 4) is 0 Å². The van der Waals surface area contributed by atoms with Crippen LogP contribution in [0.4, 0.5) is 0 Å². The number of hydrogen-bond donors (Lipinski definition) is 1. The molecular weight excluding hydrogens is 164 g/mol. The molecule has 1 aliphatic rings. The highest BCUT2D eigenvalue weighted by atomic mass is 16.4. The summed E-state index contributed by atoms with van der Waals surface area (Å²) < 4.78 is 5.60. The lowest BCUT2D eigenvalue weighted by Gasteiger charge is -1.96. The first-order valence-electron chi connectivity index (χ1n) is 5.05. The van der Waals surface area contributed by atoms with Gasteiger partial charge in [0, 0.05) is 18.9 Å². The van der Waals surface area contributed by atoms with Crippen LogP contribution in [0.2, 0.25) is 0 Å². The SMILES string of the molecule is CCNCCc1ncc(C2CC2)o1. The summed E-state index contributed by atoms with van der Waals surface area (Å²) in [6, 6.07) is 0. The van der Waals surface area contributed by atoms with Gasteiger partial charge in [-0.2, -0.15) is 0 Å². The van der Waals surface area contributed by atoms with E-state index in [0.717, 1.165) is 31.2 Å². The highest BCUT2D eigenvalue weighted by molar-refractivity contribution is 5.08. The number of likely N-dealkylation sites (N-methyl/N-ethyl adjacent to an activating group) is 1. The predicted octanol–water partition coefficient (Wildman–Crippen LogP) is 1.70. The third-order valence-corrected chi connectivity index (χ3v) is 2.32. The maximum Gasteiger partial charge on any atom is 0.195 e. The summed E-state index contributed by atoms with van der Waals surface area (Å²) in [6.07, 6.45) is 5.35. The maximum atomic E-state index is 5.60. The summed E-state index contributed by atoms with van der Waals surface area (Å²) in [7, 11) is 0. The van der Waals surface area contributed by atoms with E-state index >= 15 is 0 Å². The number of nitrogens with zero attached hydrogens (tertiary/aromatic N) is 1. The van der Waals surface area contributed by atoms with E-state index in [2.05, 4.69) is 17.2 Å². The lowest BCUT2D eigenvalue weighted by molar-refractivity contribution is 0.450. The summed E-state index contributed by atoms with van der Waals surface area (Å²) >= 11 is 0. The second kappa shape index (κ2) is 3.92. The molecule has 0 aliphatic heterocycles. The number of hydrogen-bond acceptors (Lipinski definition) is 3. The predicted molar refractivity (Wildman–Crippen MR) is 50.7 cm³/mol. The third-order valence-electron chi connectivity index (χ3n) is 2.32. The first-order chi connectivity index (χ1) is 6.40.